The second-order valence-electron chi connectivity index (χ2n) is 6.36. The molecular formula is C17H36N2O2. The van der Waals surface area contributed by atoms with Gasteiger partial charge in [-0.25, -0.2) is 0 Å². The van der Waals surface area contributed by atoms with Crippen molar-refractivity contribution in [3.63, 3.8) is 0 Å². The zero-order chi connectivity index (χ0) is 16.5. The Labute approximate surface area is 131 Å². The summed E-state index contributed by atoms with van der Waals surface area (Å²) in [4.78, 5) is 14.7. The monoisotopic (exact) mass is 300 g/mol. The second kappa shape index (κ2) is 10.2. The summed E-state index contributed by atoms with van der Waals surface area (Å²) in [6, 6.07) is 0.242. The number of ether oxygens (including phenoxy) is 1. The summed E-state index contributed by atoms with van der Waals surface area (Å²) >= 11 is 0. The van der Waals surface area contributed by atoms with Crippen LogP contribution in [0.4, 0.5) is 0 Å². The highest BCUT2D eigenvalue weighted by Crippen LogP contribution is 2.15. The van der Waals surface area contributed by atoms with Gasteiger partial charge in [0.05, 0.1) is 6.61 Å². The van der Waals surface area contributed by atoms with E-state index in [-0.39, 0.29) is 12.0 Å². The normalized spacial score (nSPS) is 14.8. The molecule has 1 N–H and O–H groups in total. The van der Waals surface area contributed by atoms with Crippen LogP contribution in [-0.2, 0) is 9.53 Å². The summed E-state index contributed by atoms with van der Waals surface area (Å²) in [6.45, 7) is 17.7. The maximum Gasteiger partial charge on any atom is 0.327 e. The van der Waals surface area contributed by atoms with Gasteiger partial charge in [0.2, 0.25) is 0 Å². The maximum absolute atomic E-state index is 12.4. The number of hydrogen-bond acceptors (Lipinski definition) is 4. The molecule has 0 aliphatic rings. The maximum atomic E-state index is 12.4. The fourth-order valence-corrected chi connectivity index (χ4v) is 2.76. The molecule has 4 heteroatoms. The Morgan fingerprint density at radius 1 is 1.19 bits per heavy atom. The molecule has 0 radical (unpaired) electrons. The number of nitrogens with one attached hydrogen (secondary N) is 1. The van der Waals surface area contributed by atoms with E-state index in [2.05, 4.69) is 44.8 Å². The van der Waals surface area contributed by atoms with Crippen LogP contribution in [0.15, 0.2) is 0 Å². The van der Waals surface area contributed by atoms with Crippen LogP contribution in [0.5, 0.6) is 0 Å². The number of carbonyl (C=O) groups excluding carboxylic acids is 1. The molecule has 4 nitrogen and oxygen atoms in total. The van der Waals surface area contributed by atoms with Crippen molar-refractivity contribution in [3.05, 3.63) is 0 Å². The average Bonchev–Trinajstić information content (AvgIpc) is 2.42. The molecule has 0 aliphatic heterocycles. The molecule has 0 amide bonds. The van der Waals surface area contributed by atoms with Crippen LogP contribution in [-0.4, -0.2) is 48.7 Å². The van der Waals surface area contributed by atoms with Gasteiger partial charge in [-0.2, -0.15) is 0 Å². The Bertz CT molecular complexity index is 291. The van der Waals surface area contributed by atoms with Crippen molar-refractivity contribution >= 4 is 5.97 Å². The van der Waals surface area contributed by atoms with E-state index < -0.39 is 5.54 Å². The molecule has 21 heavy (non-hydrogen) atoms. The molecule has 0 aromatic carbocycles. The van der Waals surface area contributed by atoms with Gasteiger partial charge in [-0.3, -0.25) is 10.1 Å². The predicted molar refractivity (Wildman–Crippen MR) is 89.5 cm³/mol. The Morgan fingerprint density at radius 2 is 1.76 bits per heavy atom. The predicted octanol–water partition coefficient (Wildman–Crippen LogP) is 3.06. The number of nitrogens with zero attached hydrogens (tertiary/aromatic N) is 1. The molecule has 0 aliphatic carbocycles. The van der Waals surface area contributed by atoms with Gasteiger partial charge in [-0.1, -0.05) is 33.6 Å². The molecular weight excluding hydrogens is 264 g/mol. The average molecular weight is 300 g/mol. The fourth-order valence-electron chi connectivity index (χ4n) is 2.76. The molecule has 0 aromatic heterocycles. The van der Waals surface area contributed by atoms with Gasteiger partial charge < -0.3 is 9.64 Å². The van der Waals surface area contributed by atoms with Crippen molar-refractivity contribution in [2.45, 2.75) is 72.9 Å². The van der Waals surface area contributed by atoms with Gasteiger partial charge in [0, 0.05) is 19.1 Å². The first-order valence-corrected chi connectivity index (χ1v) is 8.50. The van der Waals surface area contributed by atoms with Gasteiger partial charge >= 0.3 is 5.97 Å². The van der Waals surface area contributed by atoms with Crippen LogP contribution in [0.2, 0.25) is 0 Å². The standard InChI is InChI=1S/C17H36N2O2/c1-8-15(9-2)12-19(10-3)13-17(7,18-14(5)6)16(20)21-11-4/h14-15,18H,8-13H2,1-7H3. The smallest absolute Gasteiger partial charge is 0.327 e. The molecule has 0 saturated carbocycles. The van der Waals surface area contributed by atoms with Crippen LogP contribution in [0.1, 0.15) is 61.3 Å². The number of likely N-dealkylation sites (N-methyl/N-ethyl adjacent to an activating group) is 1. The highest BCUT2D eigenvalue weighted by atomic mass is 16.5. The van der Waals surface area contributed by atoms with Gasteiger partial charge in [-0.15, -0.1) is 0 Å². The molecule has 0 bridgehead atoms. The van der Waals surface area contributed by atoms with Crippen LogP contribution in [0.25, 0.3) is 0 Å². The third-order valence-corrected chi connectivity index (χ3v) is 3.99. The largest absolute Gasteiger partial charge is 0.465 e. The lowest BCUT2D eigenvalue weighted by Gasteiger charge is -2.36. The van der Waals surface area contributed by atoms with E-state index in [0.29, 0.717) is 19.1 Å². The zero-order valence-corrected chi connectivity index (χ0v) is 15.2. The van der Waals surface area contributed by atoms with Gasteiger partial charge in [0.25, 0.3) is 0 Å². The van der Waals surface area contributed by atoms with Crippen molar-refractivity contribution in [1.29, 1.82) is 0 Å². The van der Waals surface area contributed by atoms with Crippen LogP contribution >= 0.6 is 0 Å². The quantitative estimate of drug-likeness (QED) is 0.595. The lowest BCUT2D eigenvalue weighted by Crippen LogP contribution is -2.59. The van der Waals surface area contributed by atoms with Crippen molar-refractivity contribution in [2.75, 3.05) is 26.2 Å². The summed E-state index contributed by atoms with van der Waals surface area (Å²) in [6.07, 6.45) is 2.36. The molecule has 126 valence electrons. The van der Waals surface area contributed by atoms with E-state index in [1.165, 1.54) is 12.8 Å². The Hall–Kier alpha value is -0.610. The van der Waals surface area contributed by atoms with E-state index in [0.717, 1.165) is 13.1 Å². The lowest BCUT2D eigenvalue weighted by molar-refractivity contribution is -0.151. The minimum absolute atomic E-state index is 0.151. The minimum atomic E-state index is -0.647. The second-order valence-corrected chi connectivity index (χ2v) is 6.36. The van der Waals surface area contributed by atoms with Gasteiger partial charge in [-0.05, 0) is 40.2 Å². The van der Waals surface area contributed by atoms with Crippen LogP contribution < -0.4 is 5.32 Å². The van der Waals surface area contributed by atoms with Crippen molar-refractivity contribution in [1.82, 2.24) is 10.2 Å². The van der Waals surface area contributed by atoms with E-state index in [4.69, 9.17) is 4.74 Å². The summed E-state index contributed by atoms with van der Waals surface area (Å²) < 4.78 is 5.28. The summed E-state index contributed by atoms with van der Waals surface area (Å²) in [5.74, 6) is 0.539. The summed E-state index contributed by atoms with van der Waals surface area (Å²) in [7, 11) is 0. The molecule has 0 aromatic rings. The Balaban J connectivity index is 4.94. The minimum Gasteiger partial charge on any atom is -0.465 e. The SMILES string of the molecule is CCOC(=O)C(C)(CN(CC)CC(CC)CC)NC(C)C. The van der Waals surface area contributed by atoms with E-state index in [1.54, 1.807) is 0 Å². The Kier molecular flexibility index (Phi) is 9.88. The molecule has 0 spiro atoms. The highest BCUT2D eigenvalue weighted by molar-refractivity contribution is 5.80. The van der Waals surface area contributed by atoms with E-state index >= 15 is 0 Å². The topological polar surface area (TPSA) is 41.6 Å². The van der Waals surface area contributed by atoms with Crippen LogP contribution in [0.3, 0.4) is 0 Å². The zero-order valence-electron chi connectivity index (χ0n) is 15.2. The summed E-state index contributed by atoms with van der Waals surface area (Å²) in [5, 5.41) is 3.40. The van der Waals surface area contributed by atoms with Crippen molar-refractivity contribution in [2.24, 2.45) is 5.92 Å². The van der Waals surface area contributed by atoms with Crippen LogP contribution in [0, 0.1) is 5.92 Å². The number of carbonyl (C=O) groups is 1. The van der Waals surface area contributed by atoms with E-state index in [9.17, 15) is 4.79 Å². The molecule has 0 heterocycles. The van der Waals surface area contributed by atoms with Crippen molar-refractivity contribution < 1.29 is 9.53 Å². The van der Waals surface area contributed by atoms with Crippen molar-refractivity contribution in [3.8, 4) is 0 Å². The third-order valence-electron chi connectivity index (χ3n) is 3.99. The van der Waals surface area contributed by atoms with Gasteiger partial charge in [0.15, 0.2) is 0 Å². The number of rotatable bonds is 11. The highest BCUT2D eigenvalue weighted by Gasteiger charge is 2.37. The van der Waals surface area contributed by atoms with E-state index in [1.807, 2.05) is 13.8 Å². The third kappa shape index (κ3) is 7.28. The first kappa shape index (κ1) is 20.4. The molecule has 1 unspecified atom stereocenters. The molecule has 1 atom stereocenters. The fraction of sp³-hybridized carbons (Fsp3) is 0.941. The number of esters is 1. The molecule has 0 rings (SSSR count). The summed E-state index contributed by atoms with van der Waals surface area (Å²) in [5.41, 5.74) is -0.647. The lowest BCUT2D eigenvalue weighted by atomic mass is 9.98. The van der Waals surface area contributed by atoms with Gasteiger partial charge in [0.1, 0.15) is 5.54 Å². The number of hydrogen-bond donors (Lipinski definition) is 1. The molecule has 0 fully saturated rings. The molecule has 0 saturated heterocycles. The Morgan fingerprint density at radius 3 is 2.14 bits per heavy atom. The first-order valence-electron chi connectivity index (χ1n) is 8.50. The first-order chi connectivity index (χ1) is 9.82.